The van der Waals surface area contributed by atoms with Gasteiger partial charge in [-0.2, -0.15) is 0 Å². The molecule has 0 atom stereocenters. The highest BCUT2D eigenvalue weighted by molar-refractivity contribution is 7.13. The third kappa shape index (κ3) is 4.30. The molecule has 0 bridgehead atoms. The third-order valence-electron chi connectivity index (χ3n) is 2.99. The van der Waals surface area contributed by atoms with Gasteiger partial charge in [-0.1, -0.05) is 32.0 Å². The standard InChI is InChI=1S/C16H21ClN2S/c1-12(2)9-19(3)10-13-5-4-6-14(7-13)16-18-15(8-17)11-20-16/h4-7,11-12H,8-10H2,1-3H3. The number of hydrogen-bond acceptors (Lipinski definition) is 3. The number of thiazole rings is 1. The summed E-state index contributed by atoms with van der Waals surface area (Å²) in [7, 11) is 2.17. The van der Waals surface area contributed by atoms with Crippen LogP contribution in [0.1, 0.15) is 25.1 Å². The van der Waals surface area contributed by atoms with E-state index >= 15 is 0 Å². The number of benzene rings is 1. The number of nitrogens with zero attached hydrogens (tertiary/aromatic N) is 2. The number of alkyl halides is 1. The number of hydrogen-bond donors (Lipinski definition) is 0. The largest absolute Gasteiger partial charge is 0.302 e. The first-order valence-electron chi connectivity index (χ1n) is 6.86. The van der Waals surface area contributed by atoms with Gasteiger partial charge in [0.15, 0.2) is 0 Å². The SMILES string of the molecule is CC(C)CN(C)Cc1cccc(-c2nc(CCl)cs2)c1. The quantitative estimate of drug-likeness (QED) is 0.723. The van der Waals surface area contributed by atoms with Crippen LogP contribution in [0.2, 0.25) is 0 Å². The first kappa shape index (κ1) is 15.5. The lowest BCUT2D eigenvalue weighted by molar-refractivity contribution is 0.288. The zero-order valence-corrected chi connectivity index (χ0v) is 13.8. The number of aromatic nitrogens is 1. The summed E-state index contributed by atoms with van der Waals surface area (Å²) in [5, 5.41) is 3.08. The predicted molar refractivity (Wildman–Crippen MR) is 88.3 cm³/mol. The van der Waals surface area contributed by atoms with Crippen molar-refractivity contribution in [2.24, 2.45) is 5.92 Å². The topological polar surface area (TPSA) is 16.1 Å². The van der Waals surface area contributed by atoms with Crippen LogP contribution in [-0.2, 0) is 12.4 Å². The average Bonchev–Trinajstić information content (AvgIpc) is 2.86. The van der Waals surface area contributed by atoms with Crippen molar-refractivity contribution in [3.8, 4) is 10.6 Å². The molecule has 0 spiro atoms. The van der Waals surface area contributed by atoms with Gasteiger partial charge in [-0.25, -0.2) is 4.98 Å². The Morgan fingerprint density at radius 3 is 2.80 bits per heavy atom. The third-order valence-corrected chi connectivity index (χ3v) is 4.21. The van der Waals surface area contributed by atoms with Crippen LogP contribution in [0.25, 0.3) is 10.6 Å². The molecule has 0 unspecified atom stereocenters. The van der Waals surface area contributed by atoms with Crippen LogP contribution in [0.4, 0.5) is 0 Å². The van der Waals surface area contributed by atoms with Crippen LogP contribution < -0.4 is 0 Å². The molecule has 1 heterocycles. The van der Waals surface area contributed by atoms with Crippen LogP contribution in [0.3, 0.4) is 0 Å². The monoisotopic (exact) mass is 308 g/mol. The molecule has 4 heteroatoms. The van der Waals surface area contributed by atoms with Gasteiger partial charge in [-0.3, -0.25) is 0 Å². The Morgan fingerprint density at radius 2 is 2.15 bits per heavy atom. The highest BCUT2D eigenvalue weighted by atomic mass is 35.5. The Balaban J connectivity index is 2.11. The van der Waals surface area contributed by atoms with Gasteiger partial charge in [0.1, 0.15) is 5.01 Å². The smallest absolute Gasteiger partial charge is 0.123 e. The van der Waals surface area contributed by atoms with E-state index in [1.165, 1.54) is 11.1 Å². The zero-order chi connectivity index (χ0) is 14.5. The molecule has 2 rings (SSSR count). The first-order valence-corrected chi connectivity index (χ1v) is 8.28. The molecule has 0 radical (unpaired) electrons. The van der Waals surface area contributed by atoms with Crippen molar-refractivity contribution >= 4 is 22.9 Å². The van der Waals surface area contributed by atoms with Gasteiger partial charge in [-0.05, 0) is 24.6 Å². The normalized spacial score (nSPS) is 11.5. The summed E-state index contributed by atoms with van der Waals surface area (Å²) in [6, 6.07) is 8.63. The maximum atomic E-state index is 5.81. The molecule has 0 amide bonds. The molecule has 0 saturated carbocycles. The molecule has 20 heavy (non-hydrogen) atoms. The lowest BCUT2D eigenvalue weighted by Crippen LogP contribution is -2.22. The van der Waals surface area contributed by atoms with E-state index in [9.17, 15) is 0 Å². The van der Waals surface area contributed by atoms with Crippen LogP contribution in [-0.4, -0.2) is 23.5 Å². The van der Waals surface area contributed by atoms with Gasteiger partial charge in [-0.15, -0.1) is 22.9 Å². The van der Waals surface area contributed by atoms with E-state index in [-0.39, 0.29) is 0 Å². The van der Waals surface area contributed by atoms with Crippen LogP contribution in [0.15, 0.2) is 29.6 Å². The second kappa shape index (κ2) is 7.21. The summed E-state index contributed by atoms with van der Waals surface area (Å²) in [6.45, 7) is 6.57. The van der Waals surface area contributed by atoms with E-state index in [2.05, 4.69) is 55.0 Å². The Kier molecular flexibility index (Phi) is 5.58. The maximum Gasteiger partial charge on any atom is 0.123 e. The molecule has 1 aromatic heterocycles. The summed E-state index contributed by atoms with van der Waals surface area (Å²) in [5.41, 5.74) is 3.46. The lowest BCUT2D eigenvalue weighted by Gasteiger charge is -2.19. The van der Waals surface area contributed by atoms with Crippen LogP contribution >= 0.6 is 22.9 Å². The van der Waals surface area contributed by atoms with E-state index in [0.717, 1.165) is 23.8 Å². The molecular weight excluding hydrogens is 288 g/mol. The lowest BCUT2D eigenvalue weighted by atomic mass is 10.1. The minimum Gasteiger partial charge on any atom is -0.302 e. The Morgan fingerprint density at radius 1 is 1.35 bits per heavy atom. The molecule has 0 aliphatic carbocycles. The maximum absolute atomic E-state index is 5.81. The fourth-order valence-corrected chi connectivity index (χ4v) is 3.35. The van der Waals surface area contributed by atoms with Crippen molar-refractivity contribution in [2.75, 3.05) is 13.6 Å². The molecule has 2 nitrogen and oxygen atoms in total. The fraction of sp³-hybridized carbons (Fsp3) is 0.438. The summed E-state index contributed by atoms with van der Waals surface area (Å²) in [5.74, 6) is 1.17. The van der Waals surface area contributed by atoms with Crippen molar-refractivity contribution in [3.63, 3.8) is 0 Å². The summed E-state index contributed by atoms with van der Waals surface area (Å²) >= 11 is 7.47. The van der Waals surface area contributed by atoms with Crippen LogP contribution in [0, 0.1) is 5.92 Å². The second-order valence-corrected chi connectivity index (χ2v) is 6.69. The average molecular weight is 309 g/mol. The van der Waals surface area contributed by atoms with Gasteiger partial charge in [0.25, 0.3) is 0 Å². The number of rotatable bonds is 6. The van der Waals surface area contributed by atoms with E-state index in [1.54, 1.807) is 11.3 Å². The summed E-state index contributed by atoms with van der Waals surface area (Å²) in [4.78, 5) is 6.90. The van der Waals surface area contributed by atoms with E-state index in [1.807, 2.05) is 5.38 Å². The highest BCUT2D eigenvalue weighted by Crippen LogP contribution is 2.25. The van der Waals surface area contributed by atoms with Crippen molar-refractivity contribution in [1.29, 1.82) is 0 Å². The molecule has 0 aliphatic rings. The fourth-order valence-electron chi connectivity index (χ4n) is 2.30. The van der Waals surface area contributed by atoms with E-state index in [0.29, 0.717) is 11.8 Å². The van der Waals surface area contributed by atoms with Gasteiger partial charge in [0.2, 0.25) is 0 Å². The van der Waals surface area contributed by atoms with E-state index < -0.39 is 0 Å². The van der Waals surface area contributed by atoms with Gasteiger partial charge < -0.3 is 4.90 Å². The first-order chi connectivity index (χ1) is 9.58. The molecule has 108 valence electrons. The predicted octanol–water partition coefficient (Wildman–Crippen LogP) is 4.64. The summed E-state index contributed by atoms with van der Waals surface area (Å²) < 4.78 is 0. The van der Waals surface area contributed by atoms with Crippen molar-refractivity contribution in [2.45, 2.75) is 26.3 Å². The van der Waals surface area contributed by atoms with E-state index in [4.69, 9.17) is 11.6 Å². The Bertz CT molecular complexity index is 551. The van der Waals surface area contributed by atoms with Gasteiger partial charge >= 0.3 is 0 Å². The molecule has 0 N–H and O–H groups in total. The zero-order valence-electron chi connectivity index (χ0n) is 12.3. The minimum absolute atomic E-state index is 0.479. The summed E-state index contributed by atoms with van der Waals surface area (Å²) in [6.07, 6.45) is 0. The Labute approximate surface area is 130 Å². The number of halogens is 1. The molecule has 1 aromatic carbocycles. The highest BCUT2D eigenvalue weighted by Gasteiger charge is 2.07. The minimum atomic E-state index is 0.479. The molecular formula is C16H21ClN2S. The van der Waals surface area contributed by atoms with Crippen LogP contribution in [0.5, 0.6) is 0 Å². The Hall–Kier alpha value is -0.900. The molecule has 2 aromatic rings. The van der Waals surface area contributed by atoms with Gasteiger partial charge in [0.05, 0.1) is 11.6 Å². The second-order valence-electron chi connectivity index (χ2n) is 5.57. The van der Waals surface area contributed by atoms with Crippen molar-refractivity contribution in [3.05, 3.63) is 40.9 Å². The molecule has 0 fully saturated rings. The van der Waals surface area contributed by atoms with Gasteiger partial charge in [0, 0.05) is 24.0 Å². The van der Waals surface area contributed by atoms with Crippen molar-refractivity contribution < 1.29 is 0 Å². The van der Waals surface area contributed by atoms with Crippen molar-refractivity contribution in [1.82, 2.24) is 9.88 Å². The molecule has 0 aliphatic heterocycles. The molecule has 0 saturated heterocycles.